The molecule has 4 heteroatoms. The van der Waals surface area contributed by atoms with Gasteiger partial charge in [0.2, 0.25) is 0 Å². The molecule has 1 heterocycles. The Bertz CT molecular complexity index is 525. The summed E-state index contributed by atoms with van der Waals surface area (Å²) < 4.78 is 0. The summed E-state index contributed by atoms with van der Waals surface area (Å²) in [5.74, 6) is 1.42. The van der Waals surface area contributed by atoms with Crippen LogP contribution < -0.4 is 5.32 Å². The van der Waals surface area contributed by atoms with Crippen molar-refractivity contribution in [3.63, 3.8) is 0 Å². The van der Waals surface area contributed by atoms with E-state index in [9.17, 15) is 0 Å². The normalized spacial score (nSPS) is 13.0. The van der Waals surface area contributed by atoms with Crippen molar-refractivity contribution in [3.05, 3.63) is 29.5 Å². The molecule has 2 aromatic rings. The monoisotopic (exact) mass is 249 g/mol. The minimum Gasteiger partial charge on any atom is -0.367 e. The summed E-state index contributed by atoms with van der Waals surface area (Å²) >= 11 is 5.95. The lowest BCUT2D eigenvalue weighted by Crippen LogP contribution is -2.22. The predicted octanol–water partition coefficient (Wildman–Crippen LogP) is 3.74. The van der Waals surface area contributed by atoms with E-state index in [4.69, 9.17) is 11.6 Å². The number of hydrogen-bond acceptors (Lipinski definition) is 3. The molecule has 1 aromatic heterocycles. The van der Waals surface area contributed by atoms with Gasteiger partial charge in [0.15, 0.2) is 0 Å². The van der Waals surface area contributed by atoms with Crippen molar-refractivity contribution in [1.82, 2.24) is 9.97 Å². The first kappa shape index (κ1) is 12.1. The van der Waals surface area contributed by atoms with Crippen molar-refractivity contribution in [2.75, 3.05) is 5.32 Å². The van der Waals surface area contributed by atoms with Gasteiger partial charge < -0.3 is 5.32 Å². The molecule has 0 aliphatic rings. The standard InChI is InChI=1S/C13H16ClN3/c1-8(2)9(3)17-13-11-5-4-10(14)6-12(11)15-7-16-13/h4-9H,1-3H3,(H,15,16,17). The Morgan fingerprint density at radius 3 is 2.65 bits per heavy atom. The van der Waals surface area contributed by atoms with Crippen LogP contribution in [0.5, 0.6) is 0 Å². The molecule has 0 aliphatic heterocycles. The number of fused-ring (bicyclic) bond motifs is 1. The van der Waals surface area contributed by atoms with Crippen molar-refractivity contribution < 1.29 is 0 Å². The summed E-state index contributed by atoms with van der Waals surface area (Å²) in [7, 11) is 0. The van der Waals surface area contributed by atoms with E-state index in [0.717, 1.165) is 16.7 Å². The molecule has 0 bridgehead atoms. The zero-order chi connectivity index (χ0) is 12.4. The Morgan fingerprint density at radius 1 is 1.18 bits per heavy atom. The quantitative estimate of drug-likeness (QED) is 0.901. The Kier molecular flexibility index (Phi) is 3.48. The molecule has 0 saturated carbocycles. The Labute approximate surface area is 106 Å². The molecule has 1 aromatic carbocycles. The Balaban J connectivity index is 2.41. The number of nitrogens with zero attached hydrogens (tertiary/aromatic N) is 2. The average Bonchev–Trinajstić information content (AvgIpc) is 2.28. The molecule has 0 radical (unpaired) electrons. The summed E-state index contributed by atoms with van der Waals surface area (Å²) in [5.41, 5.74) is 0.867. The van der Waals surface area contributed by atoms with Gasteiger partial charge in [-0.2, -0.15) is 0 Å². The number of benzene rings is 1. The Hall–Kier alpha value is -1.35. The molecule has 0 aliphatic carbocycles. The SMILES string of the molecule is CC(C)C(C)Nc1ncnc2cc(Cl)ccc12. The van der Waals surface area contributed by atoms with Crippen LogP contribution in [0.2, 0.25) is 5.02 Å². The third-order valence-corrected chi connectivity index (χ3v) is 3.20. The van der Waals surface area contributed by atoms with Crippen LogP contribution >= 0.6 is 11.6 Å². The van der Waals surface area contributed by atoms with Gasteiger partial charge in [-0.1, -0.05) is 25.4 Å². The molecule has 0 saturated heterocycles. The summed E-state index contributed by atoms with van der Waals surface area (Å²) in [6, 6.07) is 6.03. The van der Waals surface area contributed by atoms with Gasteiger partial charge in [-0.25, -0.2) is 9.97 Å². The van der Waals surface area contributed by atoms with Crippen LogP contribution in [0.25, 0.3) is 10.9 Å². The maximum absolute atomic E-state index is 5.95. The van der Waals surface area contributed by atoms with Gasteiger partial charge in [-0.3, -0.25) is 0 Å². The first-order valence-corrected chi connectivity index (χ1v) is 6.12. The van der Waals surface area contributed by atoms with Crippen molar-refractivity contribution in [2.45, 2.75) is 26.8 Å². The van der Waals surface area contributed by atoms with E-state index in [1.807, 2.05) is 18.2 Å². The fourth-order valence-corrected chi connectivity index (χ4v) is 1.69. The van der Waals surface area contributed by atoms with E-state index in [0.29, 0.717) is 17.0 Å². The van der Waals surface area contributed by atoms with Crippen molar-refractivity contribution in [3.8, 4) is 0 Å². The lowest BCUT2D eigenvalue weighted by atomic mass is 10.1. The molecule has 90 valence electrons. The Morgan fingerprint density at radius 2 is 1.94 bits per heavy atom. The van der Waals surface area contributed by atoms with Gasteiger partial charge in [0.05, 0.1) is 5.52 Å². The fourth-order valence-electron chi connectivity index (χ4n) is 1.53. The predicted molar refractivity (Wildman–Crippen MR) is 72.5 cm³/mol. The number of hydrogen-bond donors (Lipinski definition) is 1. The number of nitrogens with one attached hydrogen (secondary N) is 1. The molecule has 0 amide bonds. The number of aromatic nitrogens is 2. The molecule has 2 rings (SSSR count). The van der Waals surface area contributed by atoms with Gasteiger partial charge >= 0.3 is 0 Å². The van der Waals surface area contributed by atoms with E-state index in [-0.39, 0.29) is 0 Å². The molecule has 17 heavy (non-hydrogen) atoms. The van der Waals surface area contributed by atoms with Gasteiger partial charge in [0.25, 0.3) is 0 Å². The van der Waals surface area contributed by atoms with Crippen molar-refractivity contribution >= 4 is 28.3 Å². The third-order valence-electron chi connectivity index (χ3n) is 2.96. The van der Waals surface area contributed by atoms with Gasteiger partial charge in [-0.05, 0) is 31.0 Å². The minimum absolute atomic E-state index is 0.365. The van der Waals surface area contributed by atoms with E-state index in [1.54, 1.807) is 6.33 Å². The molecule has 1 unspecified atom stereocenters. The van der Waals surface area contributed by atoms with Crippen LogP contribution in [0.4, 0.5) is 5.82 Å². The number of halogens is 1. The van der Waals surface area contributed by atoms with Crippen LogP contribution in [-0.4, -0.2) is 16.0 Å². The van der Waals surface area contributed by atoms with E-state index < -0.39 is 0 Å². The van der Waals surface area contributed by atoms with Gasteiger partial charge in [-0.15, -0.1) is 0 Å². The summed E-state index contributed by atoms with van der Waals surface area (Å²) in [4.78, 5) is 8.51. The second-order valence-electron chi connectivity index (χ2n) is 4.56. The fraction of sp³-hybridized carbons (Fsp3) is 0.385. The first-order chi connectivity index (χ1) is 8.08. The highest BCUT2D eigenvalue weighted by Gasteiger charge is 2.10. The molecule has 0 fully saturated rings. The maximum atomic E-state index is 5.95. The summed E-state index contributed by atoms with van der Waals surface area (Å²) in [5, 5.41) is 5.11. The molecular formula is C13H16ClN3. The number of anilines is 1. The highest BCUT2D eigenvalue weighted by molar-refractivity contribution is 6.31. The number of rotatable bonds is 3. The average molecular weight is 250 g/mol. The highest BCUT2D eigenvalue weighted by Crippen LogP contribution is 2.23. The van der Waals surface area contributed by atoms with Crippen molar-refractivity contribution in [2.24, 2.45) is 5.92 Å². The van der Waals surface area contributed by atoms with Crippen LogP contribution in [0.3, 0.4) is 0 Å². The zero-order valence-corrected chi connectivity index (χ0v) is 11.0. The summed E-state index contributed by atoms with van der Waals surface area (Å²) in [6.45, 7) is 6.50. The second kappa shape index (κ2) is 4.88. The second-order valence-corrected chi connectivity index (χ2v) is 5.00. The molecule has 0 spiro atoms. The lowest BCUT2D eigenvalue weighted by Gasteiger charge is -2.18. The maximum Gasteiger partial charge on any atom is 0.137 e. The molecule has 3 nitrogen and oxygen atoms in total. The highest BCUT2D eigenvalue weighted by atomic mass is 35.5. The van der Waals surface area contributed by atoms with E-state index in [2.05, 4.69) is 36.1 Å². The van der Waals surface area contributed by atoms with Crippen molar-refractivity contribution in [1.29, 1.82) is 0 Å². The van der Waals surface area contributed by atoms with Gasteiger partial charge in [0, 0.05) is 16.5 Å². The smallest absolute Gasteiger partial charge is 0.137 e. The molecular weight excluding hydrogens is 234 g/mol. The van der Waals surface area contributed by atoms with Crippen LogP contribution in [0.1, 0.15) is 20.8 Å². The largest absolute Gasteiger partial charge is 0.367 e. The van der Waals surface area contributed by atoms with Crippen LogP contribution in [0, 0.1) is 5.92 Å². The van der Waals surface area contributed by atoms with Crippen LogP contribution in [-0.2, 0) is 0 Å². The first-order valence-electron chi connectivity index (χ1n) is 5.74. The zero-order valence-electron chi connectivity index (χ0n) is 10.2. The molecule has 1 atom stereocenters. The topological polar surface area (TPSA) is 37.8 Å². The molecule has 1 N–H and O–H groups in total. The van der Waals surface area contributed by atoms with E-state index in [1.165, 1.54) is 0 Å². The van der Waals surface area contributed by atoms with Crippen LogP contribution in [0.15, 0.2) is 24.5 Å². The summed E-state index contributed by atoms with van der Waals surface area (Å²) in [6.07, 6.45) is 1.56. The minimum atomic E-state index is 0.365. The van der Waals surface area contributed by atoms with E-state index >= 15 is 0 Å². The van der Waals surface area contributed by atoms with Gasteiger partial charge in [0.1, 0.15) is 12.1 Å². The lowest BCUT2D eigenvalue weighted by molar-refractivity contribution is 0.559. The third kappa shape index (κ3) is 2.67.